The average molecular weight is 321 g/mol. The molecule has 1 atom stereocenters. The van der Waals surface area contributed by atoms with E-state index in [1.165, 1.54) is 37.9 Å². The largest absolute Gasteiger partial charge is 0.483 e. The molecule has 0 bridgehead atoms. The Bertz CT molecular complexity index is 562. The molecule has 1 saturated heterocycles. The van der Waals surface area contributed by atoms with Crippen LogP contribution in [0.3, 0.4) is 0 Å². The van der Waals surface area contributed by atoms with Gasteiger partial charge >= 0.3 is 0 Å². The highest BCUT2D eigenvalue weighted by molar-refractivity contribution is 5.75. The quantitative estimate of drug-likeness (QED) is 0.753. The number of amides is 1. The van der Waals surface area contributed by atoms with Gasteiger partial charge < -0.3 is 19.9 Å². The van der Waals surface area contributed by atoms with Crippen LogP contribution in [0.4, 0.5) is 0 Å². The molecule has 126 valence electrons. The first kappa shape index (κ1) is 17.2. The number of aromatic nitrogens is 1. The summed E-state index contributed by atoms with van der Waals surface area (Å²) >= 11 is 0. The number of carbonyl (C=O) groups is 2. The van der Waals surface area contributed by atoms with Crippen LogP contribution in [0.15, 0.2) is 29.3 Å². The lowest BCUT2D eigenvalue weighted by molar-refractivity contribution is -0.123. The molecule has 23 heavy (non-hydrogen) atoms. The molecule has 1 aliphatic carbocycles. The van der Waals surface area contributed by atoms with Gasteiger partial charge in [-0.2, -0.15) is 0 Å². The minimum atomic E-state index is -0.250. The summed E-state index contributed by atoms with van der Waals surface area (Å²) in [4.78, 5) is 33.8. The summed E-state index contributed by atoms with van der Waals surface area (Å²) in [5, 5.41) is 9.89. The first-order valence-corrected chi connectivity index (χ1v) is 7.87. The summed E-state index contributed by atoms with van der Waals surface area (Å²) in [5.41, 5.74) is -0.0345. The molecule has 0 aromatic carbocycles. The Kier molecular flexibility index (Phi) is 6.34. The maximum atomic E-state index is 11.9. The lowest BCUT2D eigenvalue weighted by Crippen LogP contribution is -2.33. The number of nitrogens with one attached hydrogen (secondary N) is 1. The summed E-state index contributed by atoms with van der Waals surface area (Å²) in [6.07, 6.45) is 7.18. The Labute approximate surface area is 134 Å². The molecule has 1 unspecified atom stereocenters. The highest BCUT2D eigenvalue weighted by Gasteiger charge is 2.34. The van der Waals surface area contributed by atoms with Crippen LogP contribution in [0.2, 0.25) is 0 Å². The van der Waals surface area contributed by atoms with Crippen LogP contribution < -0.4 is 10.7 Å². The molecule has 1 aliphatic heterocycles. The van der Waals surface area contributed by atoms with E-state index in [2.05, 4.69) is 10.2 Å². The van der Waals surface area contributed by atoms with Gasteiger partial charge in [0, 0.05) is 43.7 Å². The molecule has 0 spiro atoms. The van der Waals surface area contributed by atoms with E-state index in [9.17, 15) is 9.59 Å². The third-order valence-corrected chi connectivity index (χ3v) is 4.16. The van der Waals surface area contributed by atoms with Gasteiger partial charge in [-0.3, -0.25) is 14.4 Å². The topological polar surface area (TPSA) is 91.6 Å². The number of nitrogens with zero attached hydrogens (tertiary/aromatic N) is 2. The fourth-order valence-corrected chi connectivity index (χ4v) is 2.83. The van der Waals surface area contributed by atoms with Crippen molar-refractivity contribution in [3.05, 3.63) is 34.7 Å². The summed E-state index contributed by atoms with van der Waals surface area (Å²) in [7, 11) is 0. The molecular formula is C16H23N3O4. The number of pyridine rings is 1. The van der Waals surface area contributed by atoms with Crippen LogP contribution in [0.5, 0.6) is 0 Å². The van der Waals surface area contributed by atoms with Crippen molar-refractivity contribution in [3.8, 4) is 0 Å². The van der Waals surface area contributed by atoms with E-state index in [0.717, 1.165) is 19.1 Å². The molecule has 7 heteroatoms. The van der Waals surface area contributed by atoms with Crippen LogP contribution in [-0.2, 0) is 16.1 Å². The molecule has 1 amide bonds. The van der Waals surface area contributed by atoms with Crippen LogP contribution in [0.1, 0.15) is 19.3 Å². The van der Waals surface area contributed by atoms with Crippen LogP contribution in [0, 0.1) is 5.92 Å². The van der Waals surface area contributed by atoms with Gasteiger partial charge in [0.1, 0.15) is 6.54 Å². The van der Waals surface area contributed by atoms with E-state index in [-0.39, 0.29) is 24.4 Å². The number of likely N-dealkylation sites (tertiary alicyclic amines) is 1. The SMILES string of the molecule is O=C(Cn1ccc(=O)cc1)NCC1CCN(C2CC2)C1.O=CO. The predicted octanol–water partition coefficient (Wildman–Crippen LogP) is 0.150. The second-order valence-electron chi connectivity index (χ2n) is 6.00. The monoisotopic (exact) mass is 321 g/mol. The van der Waals surface area contributed by atoms with Gasteiger partial charge in [0.25, 0.3) is 6.47 Å². The number of carboxylic acid groups (broad SMARTS) is 1. The maximum Gasteiger partial charge on any atom is 0.290 e. The highest BCUT2D eigenvalue weighted by Crippen LogP contribution is 2.31. The molecule has 3 rings (SSSR count). The van der Waals surface area contributed by atoms with E-state index >= 15 is 0 Å². The van der Waals surface area contributed by atoms with E-state index in [0.29, 0.717) is 5.92 Å². The molecule has 7 nitrogen and oxygen atoms in total. The summed E-state index contributed by atoms with van der Waals surface area (Å²) in [6.45, 7) is 3.11. The minimum absolute atomic E-state index is 0.0125. The van der Waals surface area contributed by atoms with Gasteiger partial charge in [0.05, 0.1) is 0 Å². The van der Waals surface area contributed by atoms with Crippen molar-refractivity contribution >= 4 is 12.4 Å². The molecule has 2 heterocycles. The van der Waals surface area contributed by atoms with E-state index in [4.69, 9.17) is 9.90 Å². The normalized spacial score (nSPS) is 20.4. The second-order valence-corrected chi connectivity index (χ2v) is 6.00. The fourth-order valence-electron chi connectivity index (χ4n) is 2.83. The number of hydrogen-bond donors (Lipinski definition) is 2. The van der Waals surface area contributed by atoms with Crippen molar-refractivity contribution in [2.45, 2.75) is 31.8 Å². The van der Waals surface area contributed by atoms with Crippen molar-refractivity contribution in [3.63, 3.8) is 0 Å². The fraction of sp³-hybridized carbons (Fsp3) is 0.562. The van der Waals surface area contributed by atoms with Crippen molar-refractivity contribution in [2.24, 2.45) is 5.92 Å². The molecule has 1 aromatic rings. The second kappa shape index (κ2) is 8.47. The van der Waals surface area contributed by atoms with Gasteiger partial charge in [0.15, 0.2) is 5.43 Å². The number of rotatable bonds is 5. The molecular weight excluding hydrogens is 298 g/mol. The van der Waals surface area contributed by atoms with E-state index in [1.807, 2.05) is 0 Å². The Morgan fingerprint density at radius 2 is 1.96 bits per heavy atom. The molecule has 1 aromatic heterocycles. The van der Waals surface area contributed by atoms with Crippen molar-refractivity contribution in [2.75, 3.05) is 19.6 Å². The Morgan fingerprint density at radius 3 is 2.57 bits per heavy atom. The van der Waals surface area contributed by atoms with Crippen molar-refractivity contribution < 1.29 is 14.7 Å². The summed E-state index contributed by atoms with van der Waals surface area (Å²) in [5.74, 6) is 0.604. The predicted molar refractivity (Wildman–Crippen MR) is 85.1 cm³/mol. The zero-order chi connectivity index (χ0) is 16.7. The highest BCUT2D eigenvalue weighted by atomic mass is 16.3. The Balaban J connectivity index is 0.000000595. The van der Waals surface area contributed by atoms with Crippen molar-refractivity contribution in [1.82, 2.24) is 14.8 Å². The Morgan fingerprint density at radius 1 is 1.30 bits per heavy atom. The molecule has 0 radical (unpaired) electrons. The van der Waals surface area contributed by atoms with Gasteiger partial charge in [-0.25, -0.2) is 0 Å². The number of hydrogen-bond acceptors (Lipinski definition) is 4. The average Bonchev–Trinajstić information content (AvgIpc) is 3.27. The standard InChI is InChI=1S/C15H21N3O2.CH2O2/c19-14-4-6-17(7-5-14)11-15(20)16-9-12-3-8-18(10-12)13-1-2-13;2-1-3/h4-7,12-13H,1-3,8-11H2,(H,16,20);1H,(H,2,3). The summed E-state index contributed by atoms with van der Waals surface area (Å²) < 4.78 is 1.72. The maximum absolute atomic E-state index is 11.9. The zero-order valence-electron chi connectivity index (χ0n) is 13.1. The van der Waals surface area contributed by atoms with Gasteiger partial charge in [0.2, 0.25) is 5.91 Å². The van der Waals surface area contributed by atoms with E-state index in [1.54, 1.807) is 17.0 Å². The summed E-state index contributed by atoms with van der Waals surface area (Å²) in [6, 6.07) is 3.77. The first-order chi connectivity index (χ1) is 11.1. The van der Waals surface area contributed by atoms with Crippen LogP contribution >= 0.6 is 0 Å². The smallest absolute Gasteiger partial charge is 0.290 e. The molecule has 2 N–H and O–H groups in total. The van der Waals surface area contributed by atoms with Gasteiger partial charge in [-0.05, 0) is 31.7 Å². The molecule has 1 saturated carbocycles. The lowest BCUT2D eigenvalue weighted by atomic mass is 10.1. The zero-order valence-corrected chi connectivity index (χ0v) is 13.1. The third-order valence-electron chi connectivity index (χ3n) is 4.16. The Hall–Kier alpha value is -2.15. The number of carbonyl (C=O) groups excluding carboxylic acids is 1. The van der Waals surface area contributed by atoms with Crippen molar-refractivity contribution in [1.29, 1.82) is 0 Å². The van der Waals surface area contributed by atoms with E-state index < -0.39 is 0 Å². The minimum Gasteiger partial charge on any atom is -0.483 e. The van der Waals surface area contributed by atoms with Gasteiger partial charge in [-0.15, -0.1) is 0 Å². The lowest BCUT2D eigenvalue weighted by Gasteiger charge is -2.15. The van der Waals surface area contributed by atoms with Crippen LogP contribution in [0.25, 0.3) is 0 Å². The molecule has 2 aliphatic rings. The first-order valence-electron chi connectivity index (χ1n) is 7.87. The molecule has 2 fully saturated rings. The third kappa shape index (κ3) is 5.86. The van der Waals surface area contributed by atoms with Gasteiger partial charge in [-0.1, -0.05) is 0 Å². The van der Waals surface area contributed by atoms with Crippen LogP contribution in [-0.4, -0.2) is 52.6 Å².